The minimum Gasteiger partial charge on any atom is -0.354 e. The fourth-order valence-electron chi connectivity index (χ4n) is 1.70. The molecule has 0 aliphatic carbocycles. The van der Waals surface area contributed by atoms with E-state index in [4.69, 9.17) is 0 Å². The quantitative estimate of drug-likeness (QED) is 0.742. The molecule has 1 aliphatic rings. The van der Waals surface area contributed by atoms with Crippen LogP contribution in [0.3, 0.4) is 0 Å². The van der Waals surface area contributed by atoms with Crippen LogP contribution < -0.4 is 10.6 Å². The summed E-state index contributed by atoms with van der Waals surface area (Å²) in [7, 11) is 0. The summed E-state index contributed by atoms with van der Waals surface area (Å²) in [6.45, 7) is 8.34. The van der Waals surface area contributed by atoms with E-state index >= 15 is 0 Å². The molecule has 1 heterocycles. The highest BCUT2D eigenvalue weighted by Crippen LogP contribution is 2.09. The lowest BCUT2D eigenvalue weighted by atomic mass is 9.98. The second-order valence-electron chi connectivity index (χ2n) is 4.97. The number of piperidine rings is 1. The molecule has 2 N–H and O–H groups in total. The Hall–Kier alpha value is -0.570. The van der Waals surface area contributed by atoms with Crippen molar-refractivity contribution < 1.29 is 4.79 Å². The molecule has 0 spiro atoms. The Kier molecular flexibility index (Phi) is 5.09. The molecule has 2 atom stereocenters. The third kappa shape index (κ3) is 4.20. The van der Waals surface area contributed by atoms with Crippen molar-refractivity contribution in [3.05, 3.63) is 0 Å². The van der Waals surface area contributed by atoms with Crippen molar-refractivity contribution in [2.45, 2.75) is 46.1 Å². The van der Waals surface area contributed by atoms with E-state index in [2.05, 4.69) is 31.4 Å². The first-order valence-corrected chi connectivity index (χ1v) is 6.12. The van der Waals surface area contributed by atoms with Gasteiger partial charge in [-0.05, 0) is 31.2 Å². The lowest BCUT2D eigenvalue weighted by Gasteiger charge is -2.24. The predicted octanol–water partition coefficient (Wildman–Crippen LogP) is 1.54. The van der Waals surface area contributed by atoms with Gasteiger partial charge in [-0.3, -0.25) is 4.79 Å². The van der Waals surface area contributed by atoms with Gasteiger partial charge in [0.1, 0.15) is 0 Å². The Balaban J connectivity index is 2.22. The molecule has 15 heavy (non-hydrogen) atoms. The lowest BCUT2D eigenvalue weighted by molar-refractivity contribution is -0.123. The summed E-state index contributed by atoms with van der Waals surface area (Å²) < 4.78 is 0. The van der Waals surface area contributed by atoms with Gasteiger partial charge in [-0.25, -0.2) is 0 Å². The summed E-state index contributed by atoms with van der Waals surface area (Å²) >= 11 is 0. The molecule has 3 nitrogen and oxygen atoms in total. The van der Waals surface area contributed by atoms with Gasteiger partial charge < -0.3 is 10.6 Å². The SMILES string of the molecule is CC(C)C(C)CNC(=O)[C@H]1CCCCN1. The van der Waals surface area contributed by atoms with Gasteiger partial charge in [0.15, 0.2) is 0 Å². The van der Waals surface area contributed by atoms with E-state index in [0.717, 1.165) is 19.5 Å². The van der Waals surface area contributed by atoms with Crippen LogP contribution in [-0.2, 0) is 4.79 Å². The number of hydrogen-bond donors (Lipinski definition) is 2. The molecule has 1 unspecified atom stereocenters. The van der Waals surface area contributed by atoms with Crippen LogP contribution >= 0.6 is 0 Å². The van der Waals surface area contributed by atoms with Gasteiger partial charge in [0.2, 0.25) is 5.91 Å². The van der Waals surface area contributed by atoms with E-state index in [1.807, 2.05) is 0 Å². The Morgan fingerprint density at radius 3 is 2.67 bits per heavy atom. The Morgan fingerprint density at radius 2 is 2.13 bits per heavy atom. The van der Waals surface area contributed by atoms with E-state index in [9.17, 15) is 4.79 Å². The molecule has 0 radical (unpaired) electrons. The molecule has 0 aromatic heterocycles. The molecule has 0 saturated carbocycles. The topological polar surface area (TPSA) is 41.1 Å². The minimum atomic E-state index is 0.0538. The van der Waals surface area contributed by atoms with Crippen LogP contribution in [0.2, 0.25) is 0 Å². The van der Waals surface area contributed by atoms with Crippen LogP contribution in [-0.4, -0.2) is 25.0 Å². The standard InChI is InChI=1S/C12H24N2O/c1-9(2)10(3)8-14-12(15)11-6-4-5-7-13-11/h9-11,13H,4-8H2,1-3H3,(H,14,15)/t10?,11-/m1/s1. The second kappa shape index (κ2) is 6.11. The molecule has 0 aromatic carbocycles. The molecular weight excluding hydrogens is 188 g/mol. The molecule has 1 amide bonds. The lowest BCUT2D eigenvalue weighted by Crippen LogP contribution is -2.47. The number of hydrogen-bond acceptors (Lipinski definition) is 2. The number of amides is 1. The van der Waals surface area contributed by atoms with Crippen LogP contribution in [0.1, 0.15) is 40.0 Å². The average molecular weight is 212 g/mol. The second-order valence-corrected chi connectivity index (χ2v) is 4.97. The monoisotopic (exact) mass is 212 g/mol. The number of carbonyl (C=O) groups excluding carboxylic acids is 1. The summed E-state index contributed by atoms with van der Waals surface area (Å²) in [5.74, 6) is 1.37. The van der Waals surface area contributed by atoms with Gasteiger partial charge in [-0.1, -0.05) is 27.2 Å². The van der Waals surface area contributed by atoms with Crippen LogP contribution in [0.15, 0.2) is 0 Å². The zero-order valence-corrected chi connectivity index (χ0v) is 10.2. The highest BCUT2D eigenvalue weighted by atomic mass is 16.2. The predicted molar refractivity (Wildman–Crippen MR) is 62.7 cm³/mol. The molecule has 1 saturated heterocycles. The molecule has 88 valence electrons. The number of rotatable bonds is 4. The van der Waals surface area contributed by atoms with Crippen molar-refractivity contribution in [1.29, 1.82) is 0 Å². The van der Waals surface area contributed by atoms with E-state index in [1.54, 1.807) is 0 Å². The first kappa shape index (κ1) is 12.5. The van der Waals surface area contributed by atoms with Gasteiger partial charge in [0, 0.05) is 6.54 Å². The fraction of sp³-hybridized carbons (Fsp3) is 0.917. The first-order chi connectivity index (χ1) is 7.11. The summed E-state index contributed by atoms with van der Waals surface area (Å²) in [5, 5.41) is 6.29. The Labute approximate surface area is 93.0 Å². The molecule has 1 rings (SSSR count). The summed E-state index contributed by atoms with van der Waals surface area (Å²) in [6.07, 6.45) is 3.36. The molecule has 3 heteroatoms. The number of carbonyl (C=O) groups is 1. The largest absolute Gasteiger partial charge is 0.354 e. The van der Waals surface area contributed by atoms with Crippen LogP contribution in [0.4, 0.5) is 0 Å². The molecular formula is C12H24N2O. The van der Waals surface area contributed by atoms with Crippen molar-refractivity contribution in [3.63, 3.8) is 0 Å². The van der Waals surface area contributed by atoms with Gasteiger partial charge in [-0.2, -0.15) is 0 Å². The van der Waals surface area contributed by atoms with Gasteiger partial charge >= 0.3 is 0 Å². The van der Waals surface area contributed by atoms with Crippen molar-refractivity contribution in [1.82, 2.24) is 10.6 Å². The van der Waals surface area contributed by atoms with Crippen LogP contribution in [0.5, 0.6) is 0 Å². The Bertz CT molecular complexity index is 198. The first-order valence-electron chi connectivity index (χ1n) is 6.12. The maximum absolute atomic E-state index is 11.8. The van der Waals surface area contributed by atoms with E-state index in [-0.39, 0.29) is 11.9 Å². The van der Waals surface area contributed by atoms with Crippen molar-refractivity contribution >= 4 is 5.91 Å². The molecule has 1 aliphatic heterocycles. The summed E-state index contributed by atoms with van der Waals surface area (Å²) in [4.78, 5) is 11.8. The van der Waals surface area contributed by atoms with Gasteiger partial charge in [0.05, 0.1) is 6.04 Å². The highest BCUT2D eigenvalue weighted by Gasteiger charge is 2.20. The third-order valence-corrected chi connectivity index (χ3v) is 3.36. The molecule has 1 fully saturated rings. The minimum absolute atomic E-state index is 0.0538. The average Bonchev–Trinajstić information content (AvgIpc) is 2.26. The maximum atomic E-state index is 11.8. The zero-order valence-electron chi connectivity index (χ0n) is 10.2. The zero-order chi connectivity index (χ0) is 11.3. The normalized spacial score (nSPS) is 23.9. The van der Waals surface area contributed by atoms with Crippen LogP contribution in [0, 0.1) is 11.8 Å². The van der Waals surface area contributed by atoms with Gasteiger partial charge in [0.25, 0.3) is 0 Å². The van der Waals surface area contributed by atoms with Crippen molar-refractivity contribution in [2.75, 3.05) is 13.1 Å². The maximum Gasteiger partial charge on any atom is 0.237 e. The van der Waals surface area contributed by atoms with Crippen molar-refractivity contribution in [3.8, 4) is 0 Å². The third-order valence-electron chi connectivity index (χ3n) is 3.36. The smallest absolute Gasteiger partial charge is 0.237 e. The van der Waals surface area contributed by atoms with Crippen molar-refractivity contribution in [2.24, 2.45) is 11.8 Å². The number of nitrogens with one attached hydrogen (secondary N) is 2. The molecule has 0 aromatic rings. The Morgan fingerprint density at radius 1 is 1.40 bits per heavy atom. The van der Waals surface area contributed by atoms with E-state index in [0.29, 0.717) is 11.8 Å². The van der Waals surface area contributed by atoms with E-state index < -0.39 is 0 Å². The van der Waals surface area contributed by atoms with Gasteiger partial charge in [-0.15, -0.1) is 0 Å². The van der Waals surface area contributed by atoms with Crippen LogP contribution in [0.25, 0.3) is 0 Å². The summed E-state index contributed by atoms with van der Waals surface area (Å²) in [5.41, 5.74) is 0. The fourth-order valence-corrected chi connectivity index (χ4v) is 1.70. The highest BCUT2D eigenvalue weighted by molar-refractivity contribution is 5.81. The van der Waals surface area contributed by atoms with E-state index in [1.165, 1.54) is 12.8 Å². The summed E-state index contributed by atoms with van der Waals surface area (Å²) in [6, 6.07) is 0.0538. The molecule has 0 bridgehead atoms.